The molecule has 0 bridgehead atoms. The van der Waals surface area contributed by atoms with Crippen LogP contribution in [-0.2, 0) is 4.43 Å². The van der Waals surface area contributed by atoms with Crippen molar-refractivity contribution in [2.75, 3.05) is 5.73 Å². The minimum atomic E-state index is -1.79. The van der Waals surface area contributed by atoms with Gasteiger partial charge in [-0.3, -0.25) is 0 Å². The Morgan fingerprint density at radius 1 is 1.31 bits per heavy atom. The van der Waals surface area contributed by atoms with Crippen molar-refractivity contribution in [1.29, 1.82) is 5.26 Å². The molecule has 5 nitrogen and oxygen atoms in total. The summed E-state index contributed by atoms with van der Waals surface area (Å²) in [6, 6.07) is 2.17. The number of aromatic nitrogens is 1. The standard InChI is InChI=1S/C19H28N4OSSi/c1-19(2,3)26(5,6)24-13-9-7-12(8-10-13)15-14(11-20)18(25)23-17(21)16(15)22-4/h12-13H,7-10H2,1-3,5-6H3,(H3,21,23,25). The van der Waals surface area contributed by atoms with Crippen LogP contribution >= 0.6 is 12.2 Å². The molecule has 26 heavy (non-hydrogen) atoms. The highest BCUT2D eigenvalue weighted by atomic mass is 32.1. The van der Waals surface area contributed by atoms with Crippen molar-refractivity contribution >= 4 is 32.0 Å². The van der Waals surface area contributed by atoms with Crippen LogP contribution in [0, 0.1) is 22.5 Å². The molecule has 1 saturated carbocycles. The molecule has 0 radical (unpaired) electrons. The fourth-order valence-corrected chi connectivity index (χ4v) is 5.01. The van der Waals surface area contributed by atoms with Crippen LogP contribution in [0.2, 0.25) is 18.1 Å². The van der Waals surface area contributed by atoms with Gasteiger partial charge in [-0.15, -0.1) is 0 Å². The van der Waals surface area contributed by atoms with Crippen LogP contribution in [-0.4, -0.2) is 19.4 Å². The first-order valence-electron chi connectivity index (χ1n) is 9.03. The van der Waals surface area contributed by atoms with Gasteiger partial charge in [0.05, 0.1) is 12.1 Å². The van der Waals surface area contributed by atoms with Crippen LogP contribution in [0.1, 0.15) is 63.5 Å². The maximum absolute atomic E-state index is 9.54. The lowest BCUT2D eigenvalue weighted by Crippen LogP contribution is -2.44. The zero-order valence-corrected chi connectivity index (χ0v) is 18.1. The normalized spacial score (nSPS) is 21.0. The molecule has 1 aliphatic carbocycles. The van der Waals surface area contributed by atoms with Gasteiger partial charge >= 0.3 is 0 Å². The summed E-state index contributed by atoms with van der Waals surface area (Å²) in [5.74, 6) is 0.394. The fraction of sp³-hybridized carbons (Fsp3) is 0.632. The molecular weight excluding hydrogens is 360 g/mol. The van der Waals surface area contributed by atoms with E-state index in [-0.39, 0.29) is 22.9 Å². The zero-order valence-electron chi connectivity index (χ0n) is 16.3. The van der Waals surface area contributed by atoms with Gasteiger partial charge in [-0.25, -0.2) is 4.85 Å². The number of nitrogens with one attached hydrogen (secondary N) is 1. The second-order valence-corrected chi connectivity index (χ2v) is 13.7. The van der Waals surface area contributed by atoms with E-state index in [1.54, 1.807) is 0 Å². The Balaban J connectivity index is 2.23. The average molecular weight is 389 g/mol. The second-order valence-electron chi connectivity index (χ2n) is 8.58. The molecular formula is C19H28N4OSSi. The van der Waals surface area contributed by atoms with Crippen molar-refractivity contribution < 1.29 is 4.43 Å². The SMILES string of the molecule is [C-]#[N+]c1c(N)[nH]c(=S)c(C#N)c1C1CCC(O[Si](C)(C)C(C)(C)C)CC1. The Kier molecular flexibility index (Phi) is 5.97. The monoisotopic (exact) mass is 388 g/mol. The van der Waals surface area contributed by atoms with Gasteiger partial charge in [0, 0.05) is 6.10 Å². The Morgan fingerprint density at radius 2 is 1.88 bits per heavy atom. The van der Waals surface area contributed by atoms with Crippen LogP contribution in [0.4, 0.5) is 11.5 Å². The molecule has 1 aromatic heterocycles. The van der Waals surface area contributed by atoms with Crippen LogP contribution < -0.4 is 5.73 Å². The molecule has 0 saturated heterocycles. The molecule has 0 atom stereocenters. The maximum Gasteiger partial charge on any atom is 0.230 e. The molecule has 7 heteroatoms. The van der Waals surface area contributed by atoms with Crippen molar-refractivity contribution in [3.05, 3.63) is 27.2 Å². The molecule has 0 amide bonds. The number of nitrogens with two attached hydrogens (primary N) is 1. The topological polar surface area (TPSA) is 79.2 Å². The molecule has 1 fully saturated rings. The van der Waals surface area contributed by atoms with Crippen LogP contribution in [0.5, 0.6) is 0 Å². The molecule has 0 aliphatic heterocycles. The lowest BCUT2D eigenvalue weighted by molar-refractivity contribution is 0.130. The third-order valence-electron chi connectivity index (χ3n) is 5.83. The number of hydrogen-bond acceptors (Lipinski definition) is 4. The first kappa shape index (κ1) is 20.6. The molecule has 0 unspecified atom stereocenters. The van der Waals surface area contributed by atoms with Crippen LogP contribution in [0.25, 0.3) is 4.85 Å². The van der Waals surface area contributed by atoms with Crippen molar-refractivity contribution in [2.24, 2.45) is 0 Å². The lowest BCUT2D eigenvalue weighted by Gasteiger charge is -2.41. The summed E-state index contributed by atoms with van der Waals surface area (Å²) in [4.78, 5) is 6.36. The summed E-state index contributed by atoms with van der Waals surface area (Å²) in [5, 5.41) is 9.73. The van der Waals surface area contributed by atoms with E-state index in [9.17, 15) is 5.26 Å². The Morgan fingerprint density at radius 3 is 2.35 bits per heavy atom. The summed E-state index contributed by atoms with van der Waals surface area (Å²) in [7, 11) is -1.79. The van der Waals surface area contributed by atoms with Crippen molar-refractivity contribution in [1.82, 2.24) is 4.98 Å². The van der Waals surface area contributed by atoms with E-state index >= 15 is 0 Å². The number of nitrogen functional groups attached to an aromatic ring is 1. The van der Waals surface area contributed by atoms with Gasteiger partial charge in [0.15, 0.2) is 8.32 Å². The van der Waals surface area contributed by atoms with E-state index in [1.807, 2.05) is 0 Å². The molecule has 0 aromatic carbocycles. The first-order chi connectivity index (χ1) is 12.0. The Bertz CT molecular complexity index is 818. The number of hydrogen-bond donors (Lipinski definition) is 2. The smallest absolute Gasteiger partial charge is 0.230 e. The van der Waals surface area contributed by atoms with Crippen molar-refractivity contribution in [3.63, 3.8) is 0 Å². The fourth-order valence-electron chi connectivity index (χ4n) is 3.32. The predicted molar refractivity (Wildman–Crippen MR) is 110 cm³/mol. The number of aromatic amines is 1. The minimum absolute atomic E-state index is 0.131. The Labute approximate surface area is 162 Å². The van der Waals surface area contributed by atoms with E-state index in [1.165, 1.54) is 0 Å². The molecule has 1 heterocycles. The molecule has 2 rings (SSSR count). The molecule has 140 valence electrons. The van der Waals surface area contributed by atoms with Crippen molar-refractivity contribution in [3.8, 4) is 6.07 Å². The van der Waals surface area contributed by atoms with Gasteiger partial charge in [-0.2, -0.15) is 5.26 Å². The highest BCUT2D eigenvalue weighted by molar-refractivity contribution is 7.71. The van der Waals surface area contributed by atoms with E-state index in [2.05, 4.69) is 49.8 Å². The summed E-state index contributed by atoms with van der Waals surface area (Å²) < 4.78 is 6.88. The molecule has 0 spiro atoms. The van der Waals surface area contributed by atoms with Gasteiger partial charge in [0.25, 0.3) is 0 Å². The zero-order chi connectivity index (χ0) is 19.7. The molecule has 1 aromatic rings. The summed E-state index contributed by atoms with van der Waals surface area (Å²) in [6.07, 6.45) is 3.89. The van der Waals surface area contributed by atoms with Crippen LogP contribution in [0.3, 0.4) is 0 Å². The molecule has 1 aliphatic rings. The third-order valence-corrected chi connectivity index (χ3v) is 10.7. The largest absolute Gasteiger partial charge is 0.414 e. The van der Waals surface area contributed by atoms with Crippen molar-refractivity contribution in [2.45, 2.75) is 76.6 Å². The van der Waals surface area contributed by atoms with Gasteiger partial charge in [0.1, 0.15) is 16.5 Å². The molecule has 3 N–H and O–H groups in total. The van der Waals surface area contributed by atoms with Crippen LogP contribution in [0.15, 0.2) is 0 Å². The number of nitrogens with zero attached hydrogens (tertiary/aromatic N) is 2. The number of H-pyrrole nitrogens is 1. The lowest BCUT2D eigenvalue weighted by atomic mass is 9.81. The minimum Gasteiger partial charge on any atom is -0.414 e. The number of anilines is 1. The summed E-state index contributed by atoms with van der Waals surface area (Å²) in [5.41, 5.74) is 7.44. The summed E-state index contributed by atoms with van der Waals surface area (Å²) >= 11 is 5.26. The number of rotatable bonds is 3. The van der Waals surface area contributed by atoms with Gasteiger partial charge in [-0.05, 0) is 55.3 Å². The van der Waals surface area contributed by atoms with E-state index in [4.69, 9.17) is 28.9 Å². The Hall–Kier alpha value is -1.67. The summed E-state index contributed by atoms with van der Waals surface area (Å²) in [6.45, 7) is 18.8. The van der Waals surface area contributed by atoms with E-state index in [0.717, 1.165) is 31.2 Å². The quantitative estimate of drug-likeness (QED) is 0.390. The van der Waals surface area contributed by atoms with Gasteiger partial charge in [0.2, 0.25) is 5.69 Å². The second kappa shape index (κ2) is 7.52. The predicted octanol–water partition coefficient (Wildman–Crippen LogP) is 5.80. The van der Waals surface area contributed by atoms with Gasteiger partial charge < -0.3 is 15.1 Å². The van der Waals surface area contributed by atoms with Gasteiger partial charge in [-0.1, -0.05) is 33.0 Å². The highest BCUT2D eigenvalue weighted by Crippen LogP contribution is 2.44. The van der Waals surface area contributed by atoms with E-state index in [0.29, 0.717) is 15.9 Å². The number of nitriles is 1. The highest BCUT2D eigenvalue weighted by Gasteiger charge is 2.40. The maximum atomic E-state index is 9.54. The third kappa shape index (κ3) is 4.01. The first-order valence-corrected chi connectivity index (χ1v) is 12.3. The van der Waals surface area contributed by atoms with E-state index < -0.39 is 8.32 Å². The average Bonchev–Trinajstić information content (AvgIpc) is 2.53. The number of pyridine rings is 1.